The molecule has 5 rings (SSSR count). The predicted octanol–water partition coefficient (Wildman–Crippen LogP) is 3.53. The van der Waals surface area contributed by atoms with Gasteiger partial charge in [0.25, 0.3) is 0 Å². The molecule has 3 N–H and O–H groups in total. The fourth-order valence-corrected chi connectivity index (χ4v) is 5.62. The summed E-state index contributed by atoms with van der Waals surface area (Å²) < 4.78 is 0.881. The van der Waals surface area contributed by atoms with Gasteiger partial charge in [-0.2, -0.15) is 0 Å². The quantitative estimate of drug-likeness (QED) is 0.487. The number of benzene rings is 1. The number of thiazole rings is 1. The molecule has 1 atom stereocenters. The predicted molar refractivity (Wildman–Crippen MR) is 106 cm³/mol. The summed E-state index contributed by atoms with van der Waals surface area (Å²) in [5.74, 6) is -0.344. The van der Waals surface area contributed by atoms with Crippen LogP contribution in [-0.4, -0.2) is 26.0 Å². The van der Waals surface area contributed by atoms with Gasteiger partial charge in [0.1, 0.15) is 17.0 Å². The van der Waals surface area contributed by atoms with Crippen molar-refractivity contribution in [2.45, 2.75) is 19.3 Å². The third kappa shape index (κ3) is 2.79. The highest BCUT2D eigenvalue weighted by Crippen LogP contribution is 2.40. The standard InChI is InChI=1S/C18H14N4O3S2/c23-17(24)8-1-3-10-12(5-8)26-16-14(10)15(19-7-20-16)21-9-2-4-11-13(6-9)27-18(25)22-11/h2,4,6-8H,1,3,5H2,(H,22,25)(H,23,24)(H,19,20,21)/t8-/m0/s1. The molecule has 27 heavy (non-hydrogen) atoms. The van der Waals surface area contributed by atoms with E-state index in [1.807, 2.05) is 18.2 Å². The number of aliphatic carboxylic acids is 1. The van der Waals surface area contributed by atoms with E-state index >= 15 is 0 Å². The topological polar surface area (TPSA) is 108 Å². The molecule has 0 bridgehead atoms. The average molecular weight is 398 g/mol. The summed E-state index contributed by atoms with van der Waals surface area (Å²) in [5.41, 5.74) is 2.82. The van der Waals surface area contributed by atoms with Crippen LogP contribution in [0.4, 0.5) is 11.5 Å². The highest BCUT2D eigenvalue weighted by Gasteiger charge is 2.28. The smallest absolute Gasteiger partial charge is 0.306 e. The minimum absolute atomic E-state index is 0.0773. The largest absolute Gasteiger partial charge is 0.481 e. The molecule has 0 saturated carbocycles. The van der Waals surface area contributed by atoms with Gasteiger partial charge in [-0.1, -0.05) is 11.3 Å². The van der Waals surface area contributed by atoms with Crippen LogP contribution in [0.25, 0.3) is 20.4 Å². The number of nitrogens with one attached hydrogen (secondary N) is 2. The maximum Gasteiger partial charge on any atom is 0.306 e. The van der Waals surface area contributed by atoms with Gasteiger partial charge in [-0.15, -0.1) is 11.3 Å². The number of fused-ring (bicyclic) bond motifs is 4. The SMILES string of the molecule is O=C(O)[C@H]1CCc2c(sc3ncnc(Nc4ccc5[nH]c(=O)sc5c4)c23)C1. The second-order valence-corrected chi connectivity index (χ2v) is 8.63. The molecule has 3 heterocycles. The Morgan fingerprint density at radius 3 is 3.04 bits per heavy atom. The van der Waals surface area contributed by atoms with E-state index in [-0.39, 0.29) is 10.8 Å². The number of aromatic amines is 1. The Labute approximate surface area is 160 Å². The molecular formula is C18H14N4O3S2. The van der Waals surface area contributed by atoms with Gasteiger partial charge < -0.3 is 15.4 Å². The van der Waals surface area contributed by atoms with Gasteiger partial charge in [0.05, 0.1) is 21.5 Å². The van der Waals surface area contributed by atoms with Crippen LogP contribution in [0.1, 0.15) is 16.9 Å². The first-order valence-electron chi connectivity index (χ1n) is 8.46. The summed E-state index contributed by atoms with van der Waals surface area (Å²) in [6, 6.07) is 5.69. The van der Waals surface area contributed by atoms with Crippen molar-refractivity contribution in [2.24, 2.45) is 5.92 Å². The van der Waals surface area contributed by atoms with Crippen molar-refractivity contribution in [1.29, 1.82) is 0 Å². The van der Waals surface area contributed by atoms with Crippen LogP contribution < -0.4 is 10.2 Å². The first-order chi connectivity index (χ1) is 13.1. The number of hydrogen-bond acceptors (Lipinski definition) is 7. The molecule has 9 heteroatoms. The van der Waals surface area contributed by atoms with Crippen LogP contribution in [0.5, 0.6) is 0 Å². The molecule has 0 amide bonds. The summed E-state index contributed by atoms with van der Waals surface area (Å²) in [4.78, 5) is 36.3. The summed E-state index contributed by atoms with van der Waals surface area (Å²) in [6.07, 6.45) is 3.42. The van der Waals surface area contributed by atoms with Crippen molar-refractivity contribution >= 4 is 60.6 Å². The van der Waals surface area contributed by atoms with Crippen molar-refractivity contribution in [3.63, 3.8) is 0 Å². The summed E-state index contributed by atoms with van der Waals surface area (Å²) in [7, 11) is 0. The van der Waals surface area contributed by atoms with Crippen molar-refractivity contribution < 1.29 is 9.90 Å². The Bertz CT molecular complexity index is 1260. The van der Waals surface area contributed by atoms with Crippen LogP contribution in [0, 0.1) is 5.92 Å². The minimum Gasteiger partial charge on any atom is -0.481 e. The van der Waals surface area contributed by atoms with Gasteiger partial charge in [0, 0.05) is 10.6 Å². The van der Waals surface area contributed by atoms with E-state index in [0.29, 0.717) is 25.1 Å². The van der Waals surface area contributed by atoms with Crippen molar-refractivity contribution in [2.75, 3.05) is 5.32 Å². The van der Waals surface area contributed by atoms with Gasteiger partial charge in [0.2, 0.25) is 0 Å². The first kappa shape index (κ1) is 16.4. The summed E-state index contributed by atoms with van der Waals surface area (Å²) in [5, 5.41) is 13.6. The lowest BCUT2D eigenvalue weighted by Crippen LogP contribution is -2.21. The highest BCUT2D eigenvalue weighted by atomic mass is 32.1. The third-order valence-electron chi connectivity index (χ3n) is 4.88. The Balaban J connectivity index is 1.57. The molecule has 136 valence electrons. The molecule has 0 unspecified atom stereocenters. The lowest BCUT2D eigenvalue weighted by molar-refractivity contribution is -0.142. The number of hydrogen-bond donors (Lipinski definition) is 3. The molecule has 0 saturated heterocycles. The van der Waals surface area contributed by atoms with Crippen LogP contribution in [0.3, 0.4) is 0 Å². The molecule has 1 aliphatic carbocycles. The van der Waals surface area contributed by atoms with Gasteiger partial charge >= 0.3 is 10.8 Å². The molecular weight excluding hydrogens is 384 g/mol. The van der Waals surface area contributed by atoms with Crippen LogP contribution in [0.2, 0.25) is 0 Å². The average Bonchev–Trinajstić information content (AvgIpc) is 3.20. The van der Waals surface area contributed by atoms with Crippen molar-refractivity contribution in [1.82, 2.24) is 15.0 Å². The fraction of sp³-hybridized carbons (Fsp3) is 0.222. The highest BCUT2D eigenvalue weighted by molar-refractivity contribution is 7.19. The lowest BCUT2D eigenvalue weighted by atomic mass is 9.88. The zero-order chi connectivity index (χ0) is 18.5. The zero-order valence-corrected chi connectivity index (χ0v) is 15.6. The molecule has 1 aromatic carbocycles. The van der Waals surface area contributed by atoms with E-state index in [1.54, 1.807) is 11.3 Å². The van der Waals surface area contributed by atoms with Gasteiger partial charge in [0.15, 0.2) is 0 Å². The Morgan fingerprint density at radius 2 is 2.19 bits per heavy atom. The van der Waals surface area contributed by atoms with E-state index in [2.05, 4.69) is 20.3 Å². The van der Waals surface area contributed by atoms with Gasteiger partial charge in [-0.3, -0.25) is 9.59 Å². The number of carbonyl (C=O) groups is 1. The molecule has 1 aliphatic rings. The number of carboxylic acid groups (broad SMARTS) is 1. The molecule has 0 spiro atoms. The van der Waals surface area contributed by atoms with Crippen molar-refractivity contribution in [3.8, 4) is 0 Å². The number of aromatic nitrogens is 3. The number of thiophene rings is 1. The van der Waals surface area contributed by atoms with Crippen LogP contribution in [-0.2, 0) is 17.6 Å². The van der Waals surface area contributed by atoms with Gasteiger partial charge in [-0.25, -0.2) is 9.97 Å². The number of carboxylic acids is 1. The number of nitrogens with zero attached hydrogens (tertiary/aromatic N) is 2. The van der Waals surface area contributed by atoms with E-state index < -0.39 is 5.97 Å². The molecule has 7 nitrogen and oxygen atoms in total. The molecule has 0 radical (unpaired) electrons. The zero-order valence-electron chi connectivity index (χ0n) is 14.0. The van der Waals surface area contributed by atoms with Crippen LogP contribution >= 0.6 is 22.7 Å². The normalized spacial score (nSPS) is 16.5. The molecule has 3 aromatic heterocycles. The molecule has 0 fully saturated rings. The number of anilines is 2. The number of aryl methyl sites for hydroxylation is 1. The second-order valence-electron chi connectivity index (χ2n) is 6.53. The minimum atomic E-state index is -0.735. The van der Waals surface area contributed by atoms with E-state index in [0.717, 1.165) is 36.6 Å². The Hall–Kier alpha value is -2.78. The van der Waals surface area contributed by atoms with E-state index in [4.69, 9.17) is 0 Å². The fourth-order valence-electron chi connectivity index (χ4n) is 3.58. The number of H-pyrrole nitrogens is 1. The first-order valence-corrected chi connectivity index (χ1v) is 10.1. The number of rotatable bonds is 3. The molecule has 0 aliphatic heterocycles. The maximum absolute atomic E-state index is 11.5. The molecule has 4 aromatic rings. The monoisotopic (exact) mass is 398 g/mol. The Kier molecular flexibility index (Phi) is 3.73. The third-order valence-corrected chi connectivity index (χ3v) is 6.89. The van der Waals surface area contributed by atoms with Gasteiger partial charge in [-0.05, 0) is 43.0 Å². The van der Waals surface area contributed by atoms with Crippen molar-refractivity contribution in [3.05, 3.63) is 44.6 Å². The summed E-state index contributed by atoms with van der Waals surface area (Å²) in [6.45, 7) is 0. The van der Waals surface area contributed by atoms with E-state index in [9.17, 15) is 14.7 Å². The van der Waals surface area contributed by atoms with E-state index in [1.165, 1.54) is 17.7 Å². The lowest BCUT2D eigenvalue weighted by Gasteiger charge is -2.18. The summed E-state index contributed by atoms with van der Waals surface area (Å²) >= 11 is 2.72. The Morgan fingerprint density at radius 1 is 1.30 bits per heavy atom. The van der Waals surface area contributed by atoms with Crippen LogP contribution in [0.15, 0.2) is 29.3 Å². The maximum atomic E-state index is 11.5. The second kappa shape index (κ2) is 6.14.